The van der Waals surface area contributed by atoms with Crippen LogP contribution in [0, 0.1) is 24.1 Å². The van der Waals surface area contributed by atoms with Crippen LogP contribution in [0.3, 0.4) is 0 Å². The van der Waals surface area contributed by atoms with Crippen molar-refractivity contribution >= 4 is 0 Å². The van der Waals surface area contributed by atoms with Crippen LogP contribution in [0.2, 0.25) is 0 Å². The molecule has 2 heterocycles. The van der Waals surface area contributed by atoms with E-state index in [1.807, 2.05) is 6.07 Å². The van der Waals surface area contributed by atoms with Gasteiger partial charge in [0, 0.05) is 11.8 Å². The highest BCUT2D eigenvalue weighted by atomic mass is 19.1. The molecule has 0 spiro atoms. The number of hydrogen-bond donors (Lipinski definition) is 1. The lowest BCUT2D eigenvalue weighted by atomic mass is 9.84. The first-order chi connectivity index (χ1) is 15.9. The van der Waals surface area contributed by atoms with E-state index in [0.717, 1.165) is 5.56 Å². The number of methoxy groups -OCH3 is 2. The zero-order valence-electron chi connectivity index (χ0n) is 18.4. The summed E-state index contributed by atoms with van der Waals surface area (Å²) in [6.07, 6.45) is 0. The van der Waals surface area contributed by atoms with E-state index >= 15 is 0 Å². The van der Waals surface area contributed by atoms with Crippen LogP contribution in [0.5, 0.6) is 17.2 Å². The van der Waals surface area contributed by atoms with Gasteiger partial charge in [0.2, 0.25) is 5.88 Å². The first kappa shape index (κ1) is 22.0. The second-order valence-electron chi connectivity index (χ2n) is 7.62. The largest absolute Gasteiger partial charge is 0.493 e. The average Bonchev–Trinajstić information content (AvgIpc) is 2.81. The minimum absolute atomic E-state index is 0.0734. The molecular formula is C25H22FN3O4. The molecule has 0 bridgehead atoms. The van der Waals surface area contributed by atoms with Crippen LogP contribution in [0.25, 0.3) is 0 Å². The number of benzene rings is 2. The van der Waals surface area contributed by atoms with Crippen molar-refractivity contribution < 1.29 is 18.6 Å². The van der Waals surface area contributed by atoms with Crippen LogP contribution in [-0.2, 0) is 6.54 Å². The normalized spacial score (nSPS) is 14.8. The molecule has 2 aromatic carbocycles. The second kappa shape index (κ2) is 8.71. The minimum atomic E-state index is -0.774. The lowest BCUT2D eigenvalue weighted by Crippen LogP contribution is -2.33. The Hall–Kier alpha value is -4.25. The molecule has 0 fully saturated rings. The molecular weight excluding hydrogens is 425 g/mol. The number of nitrogens with two attached hydrogens (primary N) is 1. The van der Waals surface area contributed by atoms with Gasteiger partial charge < -0.3 is 24.5 Å². The summed E-state index contributed by atoms with van der Waals surface area (Å²) < 4.78 is 31.5. The summed E-state index contributed by atoms with van der Waals surface area (Å²) in [5.74, 6) is 0.150. The zero-order valence-corrected chi connectivity index (χ0v) is 18.4. The molecule has 0 aliphatic carbocycles. The van der Waals surface area contributed by atoms with Crippen LogP contribution >= 0.6 is 0 Å². The summed E-state index contributed by atoms with van der Waals surface area (Å²) in [6.45, 7) is 2.05. The van der Waals surface area contributed by atoms with Gasteiger partial charge in [-0.2, -0.15) is 5.26 Å². The van der Waals surface area contributed by atoms with Crippen molar-refractivity contribution in [1.29, 1.82) is 5.26 Å². The van der Waals surface area contributed by atoms with Crippen LogP contribution in [0.4, 0.5) is 4.39 Å². The van der Waals surface area contributed by atoms with E-state index in [-0.39, 0.29) is 34.9 Å². The summed E-state index contributed by atoms with van der Waals surface area (Å²) >= 11 is 0. The monoisotopic (exact) mass is 447 g/mol. The van der Waals surface area contributed by atoms with Gasteiger partial charge in [0.1, 0.15) is 23.2 Å². The Balaban J connectivity index is 1.87. The molecule has 0 unspecified atom stereocenters. The van der Waals surface area contributed by atoms with E-state index in [4.69, 9.17) is 19.9 Å². The van der Waals surface area contributed by atoms with Gasteiger partial charge in [-0.05, 0) is 42.3 Å². The van der Waals surface area contributed by atoms with Gasteiger partial charge >= 0.3 is 0 Å². The number of nitriles is 1. The predicted molar refractivity (Wildman–Crippen MR) is 120 cm³/mol. The third kappa shape index (κ3) is 3.89. The van der Waals surface area contributed by atoms with E-state index in [1.54, 1.807) is 43.9 Å². The second-order valence-corrected chi connectivity index (χ2v) is 7.62. The Kier molecular flexibility index (Phi) is 5.80. The fourth-order valence-corrected chi connectivity index (χ4v) is 4.03. The molecule has 0 saturated heterocycles. The van der Waals surface area contributed by atoms with Crippen molar-refractivity contribution in [3.05, 3.63) is 98.5 Å². The molecule has 1 atom stereocenters. The molecule has 1 aliphatic heterocycles. The van der Waals surface area contributed by atoms with Crippen molar-refractivity contribution in [2.75, 3.05) is 14.2 Å². The first-order valence-electron chi connectivity index (χ1n) is 10.2. The highest BCUT2D eigenvalue weighted by molar-refractivity contribution is 5.55. The average molecular weight is 447 g/mol. The molecule has 168 valence electrons. The van der Waals surface area contributed by atoms with Crippen LogP contribution < -0.4 is 25.5 Å². The van der Waals surface area contributed by atoms with Crippen molar-refractivity contribution in [2.24, 2.45) is 5.73 Å². The molecule has 33 heavy (non-hydrogen) atoms. The smallest absolute Gasteiger partial charge is 0.259 e. The Morgan fingerprint density at radius 3 is 2.45 bits per heavy atom. The summed E-state index contributed by atoms with van der Waals surface area (Å²) in [5, 5.41) is 9.75. The number of allylic oxidation sites excluding steroid dienone is 1. The predicted octanol–water partition coefficient (Wildman–Crippen LogP) is 3.58. The topological polar surface area (TPSA) is 99.5 Å². The van der Waals surface area contributed by atoms with Gasteiger partial charge in [-0.25, -0.2) is 4.39 Å². The Morgan fingerprint density at radius 1 is 1.12 bits per heavy atom. The maximum Gasteiger partial charge on any atom is 0.259 e. The molecule has 0 saturated carbocycles. The maximum atomic E-state index is 13.7. The lowest BCUT2D eigenvalue weighted by Gasteiger charge is -2.27. The fourth-order valence-electron chi connectivity index (χ4n) is 4.03. The number of nitrogens with zero attached hydrogens (tertiary/aromatic N) is 2. The Morgan fingerprint density at radius 2 is 1.82 bits per heavy atom. The summed E-state index contributed by atoms with van der Waals surface area (Å²) in [6, 6.07) is 14.8. The molecule has 3 aromatic rings. The van der Waals surface area contributed by atoms with Gasteiger partial charge in [0.25, 0.3) is 5.56 Å². The summed E-state index contributed by atoms with van der Waals surface area (Å²) in [7, 11) is 3.10. The van der Waals surface area contributed by atoms with Crippen LogP contribution in [0.1, 0.15) is 28.3 Å². The SMILES string of the molecule is COc1ccc(Cn2c(C)cc3c(c2=O)[C@H](c2ccc(F)cc2)C(C#N)=C(N)O3)cc1OC. The van der Waals surface area contributed by atoms with Crippen LogP contribution in [-0.4, -0.2) is 18.8 Å². The number of aryl methyl sites for hydroxylation is 1. The minimum Gasteiger partial charge on any atom is -0.493 e. The summed E-state index contributed by atoms with van der Waals surface area (Å²) in [4.78, 5) is 13.7. The van der Waals surface area contributed by atoms with Gasteiger partial charge in [0.15, 0.2) is 11.5 Å². The molecule has 1 aromatic heterocycles. The highest BCUT2D eigenvalue weighted by Gasteiger charge is 2.34. The molecule has 0 radical (unpaired) electrons. The van der Waals surface area contributed by atoms with Gasteiger partial charge in [-0.3, -0.25) is 4.79 Å². The molecule has 1 aliphatic rings. The highest BCUT2D eigenvalue weighted by Crippen LogP contribution is 2.40. The third-order valence-electron chi connectivity index (χ3n) is 5.68. The fraction of sp³-hybridized carbons (Fsp3) is 0.200. The number of rotatable bonds is 5. The van der Waals surface area contributed by atoms with E-state index < -0.39 is 11.7 Å². The molecule has 2 N–H and O–H groups in total. The van der Waals surface area contributed by atoms with Crippen molar-refractivity contribution in [2.45, 2.75) is 19.4 Å². The van der Waals surface area contributed by atoms with E-state index in [2.05, 4.69) is 6.07 Å². The van der Waals surface area contributed by atoms with Crippen molar-refractivity contribution in [3.63, 3.8) is 0 Å². The van der Waals surface area contributed by atoms with Gasteiger partial charge in [-0.15, -0.1) is 0 Å². The van der Waals surface area contributed by atoms with Crippen molar-refractivity contribution in [3.8, 4) is 23.3 Å². The number of fused-ring (bicyclic) bond motifs is 1. The van der Waals surface area contributed by atoms with E-state index in [1.165, 1.54) is 24.3 Å². The first-order valence-corrected chi connectivity index (χ1v) is 10.2. The Labute approximate surface area is 190 Å². The third-order valence-corrected chi connectivity index (χ3v) is 5.68. The van der Waals surface area contributed by atoms with Gasteiger partial charge in [0.05, 0.1) is 32.2 Å². The maximum absolute atomic E-state index is 13.7. The van der Waals surface area contributed by atoms with E-state index in [0.29, 0.717) is 22.8 Å². The number of hydrogen-bond acceptors (Lipinski definition) is 6. The molecule has 4 rings (SSSR count). The molecule has 7 nitrogen and oxygen atoms in total. The standard InChI is InChI=1S/C25H22FN3O4/c1-14-10-21-23(22(18(12-27)24(28)33-21)16-5-7-17(26)8-6-16)25(30)29(14)13-15-4-9-19(31-2)20(11-15)32-3/h4-11,22H,13,28H2,1-3H3/t22-/m1/s1. The molecule has 8 heteroatoms. The quantitative estimate of drug-likeness (QED) is 0.642. The summed E-state index contributed by atoms with van der Waals surface area (Å²) in [5.41, 5.74) is 8.11. The number of ether oxygens (including phenoxy) is 3. The van der Waals surface area contributed by atoms with Crippen molar-refractivity contribution in [1.82, 2.24) is 4.57 Å². The zero-order chi connectivity index (χ0) is 23.7. The van der Waals surface area contributed by atoms with E-state index in [9.17, 15) is 14.4 Å². The lowest BCUT2D eigenvalue weighted by molar-refractivity contribution is 0.354. The number of halogens is 1. The van der Waals surface area contributed by atoms with Gasteiger partial charge in [-0.1, -0.05) is 18.2 Å². The number of aromatic nitrogens is 1. The number of pyridine rings is 1. The van der Waals surface area contributed by atoms with Crippen LogP contribution in [0.15, 0.2) is 64.8 Å². The Bertz CT molecular complexity index is 1350. The molecule has 0 amide bonds.